The molecule has 2 aromatic carbocycles. The van der Waals surface area contributed by atoms with Crippen LogP contribution in [0, 0.1) is 6.92 Å². The van der Waals surface area contributed by atoms with Crippen LogP contribution in [0.1, 0.15) is 32.8 Å². The second-order valence-electron chi connectivity index (χ2n) is 9.93. The number of hydrogen-bond acceptors (Lipinski definition) is 7. The number of hydrogen-bond donors (Lipinski definition) is 3. The largest absolute Gasteiger partial charge is 0.506 e. The molecule has 9 nitrogen and oxygen atoms in total. The lowest BCUT2D eigenvalue weighted by molar-refractivity contribution is 0.356. The molecule has 0 saturated carbocycles. The first-order valence-corrected chi connectivity index (χ1v) is 14.0. The standard InChI is InChI=1S/C27H31ClN6O3S/c1-18-6-9-20(10-7-18)38(36,37)31-14-5-13-29-26-30-15-12-23(32-26)21-17-34(27(2,3)4)33-25(21)19-8-11-22(28)24(35)16-19/h6-12,15-17,31,35H,5,13-14H2,1-4H3,(H,29,30,32). The summed E-state index contributed by atoms with van der Waals surface area (Å²) in [6.45, 7) is 8.80. The van der Waals surface area contributed by atoms with Crippen LogP contribution in [0.5, 0.6) is 5.75 Å². The summed E-state index contributed by atoms with van der Waals surface area (Å²) in [7, 11) is -3.56. The summed E-state index contributed by atoms with van der Waals surface area (Å²) in [5, 5.41) is 18.4. The molecule has 0 aliphatic carbocycles. The van der Waals surface area contributed by atoms with Crippen LogP contribution >= 0.6 is 11.6 Å². The highest BCUT2D eigenvalue weighted by Gasteiger charge is 2.21. The molecule has 0 saturated heterocycles. The first kappa shape index (κ1) is 27.6. The Labute approximate surface area is 228 Å². The van der Waals surface area contributed by atoms with Gasteiger partial charge in [0.05, 0.1) is 21.2 Å². The maximum absolute atomic E-state index is 12.5. The highest BCUT2D eigenvalue weighted by Crippen LogP contribution is 2.35. The quantitative estimate of drug-likeness (QED) is 0.243. The topological polar surface area (TPSA) is 122 Å². The van der Waals surface area contributed by atoms with Gasteiger partial charge in [-0.25, -0.2) is 23.1 Å². The summed E-state index contributed by atoms with van der Waals surface area (Å²) < 4.78 is 29.4. The Morgan fingerprint density at radius 1 is 1.05 bits per heavy atom. The maximum Gasteiger partial charge on any atom is 0.240 e. The van der Waals surface area contributed by atoms with Crippen LogP contribution in [0.15, 0.2) is 65.8 Å². The number of phenolic OH excluding ortho intramolecular Hbond substituents is 1. The lowest BCUT2D eigenvalue weighted by Gasteiger charge is -2.18. The zero-order valence-electron chi connectivity index (χ0n) is 21.7. The molecular formula is C27H31ClN6O3S. The monoisotopic (exact) mass is 554 g/mol. The number of phenols is 1. The molecule has 0 aliphatic heterocycles. The van der Waals surface area contributed by atoms with Crippen molar-refractivity contribution in [3.8, 4) is 28.3 Å². The molecular weight excluding hydrogens is 524 g/mol. The fourth-order valence-corrected chi connectivity index (χ4v) is 4.86. The van der Waals surface area contributed by atoms with E-state index in [1.165, 1.54) is 0 Å². The van der Waals surface area contributed by atoms with Crippen molar-refractivity contribution in [3.63, 3.8) is 0 Å². The second-order valence-corrected chi connectivity index (χ2v) is 12.1. The lowest BCUT2D eigenvalue weighted by Crippen LogP contribution is -2.26. The van der Waals surface area contributed by atoms with E-state index in [4.69, 9.17) is 16.7 Å². The van der Waals surface area contributed by atoms with Crippen molar-refractivity contribution >= 4 is 27.6 Å². The van der Waals surface area contributed by atoms with Crippen LogP contribution in [0.2, 0.25) is 5.02 Å². The van der Waals surface area contributed by atoms with Gasteiger partial charge in [-0.05, 0) is 64.4 Å². The van der Waals surface area contributed by atoms with Gasteiger partial charge in [0.2, 0.25) is 16.0 Å². The molecule has 0 spiro atoms. The van der Waals surface area contributed by atoms with E-state index in [9.17, 15) is 13.5 Å². The van der Waals surface area contributed by atoms with Crippen LogP contribution in [0.3, 0.4) is 0 Å². The van der Waals surface area contributed by atoms with Gasteiger partial charge < -0.3 is 10.4 Å². The number of benzene rings is 2. The summed E-state index contributed by atoms with van der Waals surface area (Å²) in [5.74, 6) is 0.390. The van der Waals surface area contributed by atoms with Gasteiger partial charge in [0.1, 0.15) is 11.4 Å². The molecule has 3 N–H and O–H groups in total. The zero-order chi connectivity index (χ0) is 27.5. The van der Waals surface area contributed by atoms with Crippen molar-refractivity contribution in [1.29, 1.82) is 0 Å². The second kappa shape index (κ2) is 11.1. The number of aryl methyl sites for hydroxylation is 1. The fraction of sp³-hybridized carbons (Fsp3) is 0.296. The predicted molar refractivity (Wildman–Crippen MR) is 150 cm³/mol. The lowest BCUT2D eigenvalue weighted by atomic mass is 10.1. The number of halogens is 1. The van der Waals surface area contributed by atoms with Crippen molar-refractivity contribution in [2.75, 3.05) is 18.4 Å². The van der Waals surface area contributed by atoms with E-state index in [1.807, 2.05) is 38.6 Å². The van der Waals surface area contributed by atoms with E-state index < -0.39 is 10.0 Å². The van der Waals surface area contributed by atoms with Gasteiger partial charge in [-0.1, -0.05) is 35.4 Å². The van der Waals surface area contributed by atoms with Crippen LogP contribution in [-0.4, -0.2) is 46.4 Å². The van der Waals surface area contributed by atoms with Crippen LogP contribution < -0.4 is 10.0 Å². The molecule has 0 unspecified atom stereocenters. The number of aromatic hydroxyl groups is 1. The highest BCUT2D eigenvalue weighted by molar-refractivity contribution is 7.89. The summed E-state index contributed by atoms with van der Waals surface area (Å²) in [4.78, 5) is 9.21. The SMILES string of the molecule is Cc1ccc(S(=O)(=O)NCCCNc2nccc(-c3cn(C(C)(C)C)nc3-c3ccc(Cl)c(O)c3)n2)cc1. The third-order valence-electron chi connectivity index (χ3n) is 5.81. The summed E-state index contributed by atoms with van der Waals surface area (Å²) in [5.41, 5.74) is 3.52. The molecule has 2 aromatic heterocycles. The molecule has 38 heavy (non-hydrogen) atoms. The first-order chi connectivity index (χ1) is 17.9. The smallest absolute Gasteiger partial charge is 0.240 e. The zero-order valence-corrected chi connectivity index (χ0v) is 23.3. The van der Waals surface area contributed by atoms with Crippen molar-refractivity contribution in [3.05, 3.63) is 71.5 Å². The normalized spacial score (nSPS) is 12.0. The van der Waals surface area contributed by atoms with Crippen LogP contribution in [-0.2, 0) is 15.6 Å². The molecule has 200 valence electrons. The number of nitrogens with zero attached hydrogens (tertiary/aromatic N) is 4. The Bertz CT molecular complexity index is 1530. The van der Waals surface area contributed by atoms with Crippen molar-refractivity contribution in [2.45, 2.75) is 44.6 Å². The molecule has 2 heterocycles. The summed E-state index contributed by atoms with van der Waals surface area (Å²) >= 11 is 6.01. The van der Waals surface area contributed by atoms with Crippen molar-refractivity contribution in [2.24, 2.45) is 0 Å². The molecule has 0 fully saturated rings. The van der Waals surface area contributed by atoms with Gasteiger partial charge in [-0.3, -0.25) is 4.68 Å². The fourth-order valence-electron chi connectivity index (χ4n) is 3.67. The average Bonchev–Trinajstić information content (AvgIpc) is 3.32. The Hall–Kier alpha value is -3.47. The first-order valence-electron chi connectivity index (χ1n) is 12.2. The van der Waals surface area contributed by atoms with Crippen LogP contribution in [0.4, 0.5) is 5.95 Å². The number of rotatable bonds is 9. The minimum Gasteiger partial charge on any atom is -0.506 e. The van der Waals surface area contributed by atoms with Crippen LogP contribution in [0.25, 0.3) is 22.5 Å². The van der Waals surface area contributed by atoms with Gasteiger partial charge in [0, 0.05) is 36.6 Å². The van der Waals surface area contributed by atoms with E-state index >= 15 is 0 Å². The van der Waals surface area contributed by atoms with E-state index in [2.05, 4.69) is 20.0 Å². The van der Waals surface area contributed by atoms with Gasteiger partial charge in [-0.15, -0.1) is 0 Å². The van der Waals surface area contributed by atoms with E-state index in [0.717, 1.165) is 11.1 Å². The predicted octanol–water partition coefficient (Wildman–Crippen LogP) is 5.21. The maximum atomic E-state index is 12.5. The molecule has 4 rings (SSSR count). The molecule has 0 radical (unpaired) electrons. The minimum absolute atomic E-state index is 0.0246. The molecule has 0 atom stereocenters. The molecule has 0 amide bonds. The van der Waals surface area contributed by atoms with E-state index in [1.54, 1.807) is 54.7 Å². The van der Waals surface area contributed by atoms with Gasteiger partial charge in [0.15, 0.2) is 0 Å². The number of anilines is 1. The average molecular weight is 555 g/mol. The minimum atomic E-state index is -3.56. The number of sulfonamides is 1. The third kappa shape index (κ3) is 6.50. The molecule has 11 heteroatoms. The Morgan fingerprint density at radius 3 is 2.47 bits per heavy atom. The Kier molecular flexibility index (Phi) is 8.05. The van der Waals surface area contributed by atoms with Gasteiger partial charge in [0.25, 0.3) is 0 Å². The van der Waals surface area contributed by atoms with E-state index in [-0.39, 0.29) is 27.8 Å². The van der Waals surface area contributed by atoms with Gasteiger partial charge >= 0.3 is 0 Å². The highest BCUT2D eigenvalue weighted by atomic mass is 35.5. The Morgan fingerprint density at radius 2 is 1.79 bits per heavy atom. The Balaban J connectivity index is 1.47. The number of aromatic nitrogens is 4. The molecule has 4 aromatic rings. The van der Waals surface area contributed by atoms with Gasteiger partial charge in [-0.2, -0.15) is 5.10 Å². The summed E-state index contributed by atoms with van der Waals surface area (Å²) in [6, 6.07) is 13.5. The molecule has 0 bridgehead atoms. The van der Waals surface area contributed by atoms with Crippen molar-refractivity contribution < 1.29 is 13.5 Å². The summed E-state index contributed by atoms with van der Waals surface area (Å²) in [6.07, 6.45) is 4.12. The number of nitrogens with one attached hydrogen (secondary N) is 2. The van der Waals surface area contributed by atoms with E-state index in [0.29, 0.717) is 35.9 Å². The van der Waals surface area contributed by atoms with Crippen molar-refractivity contribution in [1.82, 2.24) is 24.5 Å². The molecule has 0 aliphatic rings. The third-order valence-corrected chi connectivity index (χ3v) is 7.61.